The Morgan fingerprint density at radius 1 is 1.28 bits per heavy atom. The Labute approximate surface area is 110 Å². The van der Waals surface area contributed by atoms with Crippen molar-refractivity contribution >= 4 is 5.97 Å². The molecule has 0 N–H and O–H groups in total. The number of hydrogen-bond donors (Lipinski definition) is 0. The molecule has 4 bridgehead atoms. The zero-order chi connectivity index (χ0) is 13.1. The molecule has 2 saturated carbocycles. The topological polar surface area (TPSA) is 26.3 Å². The molecule has 0 amide bonds. The third-order valence-electron chi connectivity index (χ3n) is 6.53. The molecule has 1 unspecified atom stereocenters. The summed E-state index contributed by atoms with van der Waals surface area (Å²) in [5.74, 6) is 2.15. The van der Waals surface area contributed by atoms with Crippen LogP contribution >= 0.6 is 0 Å². The molecule has 4 aliphatic rings. The summed E-state index contributed by atoms with van der Waals surface area (Å²) in [6.45, 7) is 9.17. The van der Waals surface area contributed by atoms with Crippen molar-refractivity contribution in [3.05, 3.63) is 0 Å². The lowest BCUT2D eigenvalue weighted by Gasteiger charge is -2.53. The summed E-state index contributed by atoms with van der Waals surface area (Å²) in [7, 11) is 0. The quantitative estimate of drug-likeness (QED) is 0.662. The maximum absolute atomic E-state index is 12.5. The molecule has 0 aromatic rings. The molecule has 0 aromatic heterocycles. The van der Waals surface area contributed by atoms with Crippen LogP contribution in [0.15, 0.2) is 0 Å². The predicted molar refractivity (Wildman–Crippen MR) is 71.0 cm³/mol. The van der Waals surface area contributed by atoms with Gasteiger partial charge in [0.05, 0.1) is 5.92 Å². The fourth-order valence-electron chi connectivity index (χ4n) is 5.01. The molecule has 2 aliphatic carbocycles. The second kappa shape index (κ2) is 3.74. The zero-order valence-corrected chi connectivity index (χ0v) is 12.2. The molecular formula is C16H26O2. The second-order valence-corrected chi connectivity index (χ2v) is 7.56. The van der Waals surface area contributed by atoms with E-state index < -0.39 is 0 Å². The van der Waals surface area contributed by atoms with Crippen LogP contribution in [0, 0.1) is 29.1 Å². The number of fused-ring (bicyclic) bond motifs is 2. The lowest BCUT2D eigenvalue weighted by molar-refractivity contribution is -0.167. The van der Waals surface area contributed by atoms with Gasteiger partial charge in [-0.15, -0.1) is 0 Å². The van der Waals surface area contributed by atoms with Gasteiger partial charge in [-0.3, -0.25) is 4.79 Å². The van der Waals surface area contributed by atoms with Gasteiger partial charge < -0.3 is 4.74 Å². The van der Waals surface area contributed by atoms with E-state index in [0.717, 1.165) is 25.2 Å². The summed E-state index contributed by atoms with van der Waals surface area (Å²) < 4.78 is 6.04. The Morgan fingerprint density at radius 3 is 2.67 bits per heavy atom. The van der Waals surface area contributed by atoms with Gasteiger partial charge in [0, 0.05) is 0 Å². The fraction of sp³-hybridized carbons (Fsp3) is 0.938. The first-order valence-electron chi connectivity index (χ1n) is 7.62. The van der Waals surface area contributed by atoms with Crippen LogP contribution in [0.3, 0.4) is 0 Å². The number of rotatable bonds is 1. The van der Waals surface area contributed by atoms with E-state index in [2.05, 4.69) is 27.7 Å². The Bertz CT molecular complexity index is 375. The van der Waals surface area contributed by atoms with Crippen LogP contribution in [-0.4, -0.2) is 11.6 Å². The summed E-state index contributed by atoms with van der Waals surface area (Å²) >= 11 is 0. The Morgan fingerprint density at radius 2 is 2.00 bits per heavy atom. The van der Waals surface area contributed by atoms with Crippen molar-refractivity contribution < 1.29 is 9.53 Å². The Balaban J connectivity index is 2.07. The van der Waals surface area contributed by atoms with Crippen LogP contribution in [0.4, 0.5) is 0 Å². The van der Waals surface area contributed by atoms with Crippen LogP contribution < -0.4 is 0 Å². The molecule has 2 nitrogen and oxygen atoms in total. The van der Waals surface area contributed by atoms with Gasteiger partial charge in [0.1, 0.15) is 5.60 Å². The first-order valence-corrected chi connectivity index (χ1v) is 7.62. The third-order valence-corrected chi connectivity index (χ3v) is 6.53. The summed E-state index contributed by atoms with van der Waals surface area (Å²) in [6.07, 6.45) is 5.60. The largest absolute Gasteiger partial charge is 0.459 e. The number of ether oxygens (including phenoxy) is 1. The van der Waals surface area contributed by atoms with Crippen LogP contribution in [0.25, 0.3) is 0 Å². The van der Waals surface area contributed by atoms with E-state index >= 15 is 0 Å². The highest BCUT2D eigenvalue weighted by Crippen LogP contribution is 2.62. The Kier molecular flexibility index (Phi) is 2.60. The average molecular weight is 250 g/mol. The summed E-state index contributed by atoms with van der Waals surface area (Å²) in [5, 5.41) is 0. The minimum Gasteiger partial charge on any atom is -0.459 e. The first kappa shape index (κ1) is 12.5. The minimum atomic E-state index is -0.158. The number of carbonyl (C=O) groups is 1. The van der Waals surface area contributed by atoms with Crippen molar-refractivity contribution in [2.45, 2.75) is 65.4 Å². The number of carbonyl (C=O) groups excluding carboxylic acids is 1. The molecule has 2 heteroatoms. The summed E-state index contributed by atoms with van der Waals surface area (Å²) in [6, 6.07) is 0. The highest BCUT2D eigenvalue weighted by molar-refractivity contribution is 5.75. The highest BCUT2D eigenvalue weighted by atomic mass is 16.6. The van der Waals surface area contributed by atoms with Crippen molar-refractivity contribution in [1.82, 2.24) is 0 Å². The molecule has 4 rings (SSSR count). The molecule has 0 spiro atoms. The van der Waals surface area contributed by atoms with Gasteiger partial charge in [-0.1, -0.05) is 27.7 Å². The molecule has 2 heterocycles. The van der Waals surface area contributed by atoms with Crippen LogP contribution in [-0.2, 0) is 9.53 Å². The number of esters is 1. The molecule has 2 saturated heterocycles. The summed E-state index contributed by atoms with van der Waals surface area (Å²) in [5.41, 5.74) is 0.0538. The minimum absolute atomic E-state index is 0.109. The van der Waals surface area contributed by atoms with Crippen molar-refractivity contribution in [3.63, 3.8) is 0 Å². The third kappa shape index (κ3) is 1.44. The van der Waals surface area contributed by atoms with Gasteiger partial charge in [-0.25, -0.2) is 0 Å². The Hall–Kier alpha value is -0.530. The van der Waals surface area contributed by atoms with Gasteiger partial charge in [0.25, 0.3) is 0 Å². The zero-order valence-electron chi connectivity index (χ0n) is 12.2. The molecule has 0 radical (unpaired) electrons. The standard InChI is InChI=1S/C16H26O2/c1-10(2)16-8-7-15(4)12(14(17)18-16)6-5-11(3)13(15)9-16/h10-13H,5-9H2,1-4H3/t11-,12?,13-,15-,16-/m0/s1. The molecule has 2 aliphatic heterocycles. The molecule has 0 aromatic carbocycles. The van der Waals surface area contributed by atoms with Gasteiger partial charge in [0.15, 0.2) is 0 Å². The van der Waals surface area contributed by atoms with Crippen molar-refractivity contribution in [3.8, 4) is 0 Å². The molecule has 18 heavy (non-hydrogen) atoms. The van der Waals surface area contributed by atoms with Crippen molar-refractivity contribution in [2.24, 2.45) is 29.1 Å². The lowest BCUT2D eigenvalue weighted by atomic mass is 9.50. The van der Waals surface area contributed by atoms with E-state index in [1.807, 2.05) is 0 Å². The molecular weight excluding hydrogens is 224 g/mol. The predicted octanol–water partition coefficient (Wildman–Crippen LogP) is 3.79. The molecule has 4 fully saturated rings. The summed E-state index contributed by atoms with van der Waals surface area (Å²) in [4.78, 5) is 12.5. The lowest BCUT2D eigenvalue weighted by Crippen LogP contribution is -2.50. The fourth-order valence-corrected chi connectivity index (χ4v) is 5.01. The van der Waals surface area contributed by atoms with Crippen LogP contribution in [0.1, 0.15) is 59.8 Å². The van der Waals surface area contributed by atoms with Gasteiger partial charge in [-0.2, -0.15) is 0 Å². The highest BCUT2D eigenvalue weighted by Gasteiger charge is 2.61. The van der Waals surface area contributed by atoms with E-state index in [0.29, 0.717) is 11.8 Å². The first-order chi connectivity index (χ1) is 8.39. The van der Waals surface area contributed by atoms with Gasteiger partial charge >= 0.3 is 5.97 Å². The maximum Gasteiger partial charge on any atom is 0.310 e. The SMILES string of the molecule is CC(C)[C@]12CC[C@@]3(C)C(CC[C@H](C)[C@@H]3C1)C(=O)O2. The normalized spacial score (nSPS) is 51.2. The van der Waals surface area contributed by atoms with Crippen molar-refractivity contribution in [2.75, 3.05) is 0 Å². The van der Waals surface area contributed by atoms with Crippen molar-refractivity contribution in [1.29, 1.82) is 0 Å². The molecule has 5 atom stereocenters. The maximum atomic E-state index is 12.5. The van der Waals surface area contributed by atoms with Gasteiger partial charge in [0.2, 0.25) is 0 Å². The van der Waals surface area contributed by atoms with Gasteiger partial charge in [-0.05, 0) is 55.3 Å². The molecule has 102 valence electrons. The van der Waals surface area contributed by atoms with Crippen LogP contribution in [0.2, 0.25) is 0 Å². The van der Waals surface area contributed by atoms with Crippen LogP contribution in [0.5, 0.6) is 0 Å². The van der Waals surface area contributed by atoms with E-state index in [4.69, 9.17) is 4.74 Å². The van der Waals surface area contributed by atoms with E-state index in [-0.39, 0.29) is 22.9 Å². The average Bonchev–Trinajstić information content (AvgIpc) is 2.43. The van der Waals surface area contributed by atoms with E-state index in [1.54, 1.807) is 0 Å². The van der Waals surface area contributed by atoms with E-state index in [1.165, 1.54) is 12.8 Å². The smallest absolute Gasteiger partial charge is 0.310 e. The monoisotopic (exact) mass is 250 g/mol. The second-order valence-electron chi connectivity index (χ2n) is 7.56. The van der Waals surface area contributed by atoms with E-state index in [9.17, 15) is 4.79 Å². The number of hydrogen-bond acceptors (Lipinski definition) is 2.